The summed E-state index contributed by atoms with van der Waals surface area (Å²) in [5, 5.41) is 0. The van der Waals surface area contributed by atoms with Gasteiger partial charge < -0.3 is 0 Å². The minimum Gasteiger partial charge on any atom is -0.0856 e. The maximum Gasteiger partial charge on any atom is -0.0127 e. The van der Waals surface area contributed by atoms with Crippen molar-refractivity contribution in [3.63, 3.8) is 0 Å². The van der Waals surface area contributed by atoms with E-state index in [-0.39, 0.29) is 0 Å². The van der Waals surface area contributed by atoms with Crippen LogP contribution in [0, 0.1) is 5.92 Å². The van der Waals surface area contributed by atoms with Gasteiger partial charge in [-0.05, 0) is 44.1 Å². The number of rotatable bonds is 3. The lowest BCUT2D eigenvalue weighted by Crippen LogP contribution is -1.82. The summed E-state index contributed by atoms with van der Waals surface area (Å²) in [5.74, 6) is 1.75. The lowest BCUT2D eigenvalue weighted by atomic mass is 10.1. The van der Waals surface area contributed by atoms with E-state index < -0.39 is 0 Å². The molecule has 0 heterocycles. The van der Waals surface area contributed by atoms with Gasteiger partial charge in [0.1, 0.15) is 0 Å². The Morgan fingerprint density at radius 3 is 2.64 bits per heavy atom. The van der Waals surface area contributed by atoms with Crippen LogP contribution in [0.1, 0.15) is 38.2 Å². The van der Waals surface area contributed by atoms with Crippen molar-refractivity contribution in [3.05, 3.63) is 47.5 Å². The molecule has 0 nitrogen and oxygen atoms in total. The second kappa shape index (κ2) is 4.00. The number of benzene rings is 1. The van der Waals surface area contributed by atoms with Crippen LogP contribution in [0.25, 0.3) is 0 Å². The first-order valence-electron chi connectivity index (χ1n) is 5.45. The molecule has 0 heteroatoms. The Labute approximate surface area is 86.7 Å². The van der Waals surface area contributed by atoms with Crippen LogP contribution in [-0.2, 0) is 0 Å². The van der Waals surface area contributed by atoms with Crippen LogP contribution in [-0.4, -0.2) is 0 Å². The van der Waals surface area contributed by atoms with E-state index in [1.165, 1.54) is 24.0 Å². The molecule has 0 saturated heterocycles. The van der Waals surface area contributed by atoms with Gasteiger partial charge in [-0.3, -0.25) is 0 Å². The molecule has 0 bridgehead atoms. The molecule has 1 saturated carbocycles. The van der Waals surface area contributed by atoms with Crippen LogP contribution in [0.2, 0.25) is 0 Å². The summed E-state index contributed by atoms with van der Waals surface area (Å²) >= 11 is 0. The number of allylic oxidation sites excluding steroid dienone is 2. The molecule has 0 aliphatic heterocycles. The van der Waals surface area contributed by atoms with Gasteiger partial charge in [0.05, 0.1) is 0 Å². The van der Waals surface area contributed by atoms with Crippen LogP contribution in [0.15, 0.2) is 42.0 Å². The summed E-state index contributed by atoms with van der Waals surface area (Å²) in [6.07, 6.45) is 5.02. The summed E-state index contributed by atoms with van der Waals surface area (Å²) in [6.45, 7) is 4.36. The summed E-state index contributed by atoms with van der Waals surface area (Å²) in [5.41, 5.74) is 2.98. The van der Waals surface area contributed by atoms with Gasteiger partial charge in [-0.2, -0.15) is 0 Å². The van der Waals surface area contributed by atoms with Crippen LogP contribution in [0.4, 0.5) is 0 Å². The number of hydrogen-bond donors (Lipinski definition) is 0. The zero-order valence-electron chi connectivity index (χ0n) is 9.03. The Kier molecular flexibility index (Phi) is 2.72. The van der Waals surface area contributed by atoms with Gasteiger partial charge in [-0.25, -0.2) is 0 Å². The van der Waals surface area contributed by atoms with E-state index >= 15 is 0 Å². The third-order valence-corrected chi connectivity index (χ3v) is 2.98. The Balaban J connectivity index is 1.91. The molecule has 1 aliphatic rings. The third-order valence-electron chi connectivity index (χ3n) is 2.98. The Morgan fingerprint density at radius 2 is 2.00 bits per heavy atom. The predicted octanol–water partition coefficient (Wildman–Crippen LogP) is 4.15. The molecule has 2 atom stereocenters. The molecule has 0 unspecified atom stereocenters. The van der Waals surface area contributed by atoms with E-state index in [1.54, 1.807) is 0 Å². The van der Waals surface area contributed by atoms with Crippen molar-refractivity contribution in [1.82, 2.24) is 0 Å². The zero-order chi connectivity index (χ0) is 9.97. The van der Waals surface area contributed by atoms with Gasteiger partial charge in [-0.1, -0.05) is 42.0 Å². The Morgan fingerprint density at radius 1 is 1.29 bits per heavy atom. The first kappa shape index (κ1) is 9.51. The molecule has 1 aliphatic carbocycles. The standard InChI is InChI=1S/C14H18/c1-11(2)8-9-13-10-14(13)12-6-4-3-5-7-12/h3-8,13-14H,9-10H2,1-2H3/t13-,14+/m1/s1. The maximum absolute atomic E-state index is 2.37. The van der Waals surface area contributed by atoms with Crippen LogP contribution in [0.5, 0.6) is 0 Å². The summed E-state index contributed by atoms with van der Waals surface area (Å²) in [7, 11) is 0. The molecule has 0 amide bonds. The SMILES string of the molecule is CC(C)=CC[C@@H]1C[C@H]1c1ccccc1. The molecule has 1 aromatic carbocycles. The molecule has 1 fully saturated rings. The van der Waals surface area contributed by atoms with E-state index in [9.17, 15) is 0 Å². The summed E-state index contributed by atoms with van der Waals surface area (Å²) in [4.78, 5) is 0. The molecular formula is C14H18. The van der Waals surface area contributed by atoms with E-state index in [0.717, 1.165) is 11.8 Å². The molecule has 1 aromatic rings. The van der Waals surface area contributed by atoms with Gasteiger partial charge >= 0.3 is 0 Å². The van der Waals surface area contributed by atoms with E-state index in [4.69, 9.17) is 0 Å². The van der Waals surface area contributed by atoms with Crippen molar-refractivity contribution in [1.29, 1.82) is 0 Å². The Hall–Kier alpha value is -1.04. The second-order valence-electron chi connectivity index (χ2n) is 4.53. The zero-order valence-corrected chi connectivity index (χ0v) is 9.03. The lowest BCUT2D eigenvalue weighted by molar-refractivity contribution is 0.814. The molecule has 0 radical (unpaired) electrons. The second-order valence-corrected chi connectivity index (χ2v) is 4.53. The fourth-order valence-electron chi connectivity index (χ4n) is 2.00. The van der Waals surface area contributed by atoms with Gasteiger partial charge in [0.15, 0.2) is 0 Å². The van der Waals surface area contributed by atoms with E-state index in [1.807, 2.05) is 0 Å². The molecule has 0 aromatic heterocycles. The summed E-state index contributed by atoms with van der Waals surface area (Å²) < 4.78 is 0. The van der Waals surface area contributed by atoms with Crippen molar-refractivity contribution in [2.24, 2.45) is 5.92 Å². The van der Waals surface area contributed by atoms with Gasteiger partial charge in [0, 0.05) is 0 Å². The molecular weight excluding hydrogens is 168 g/mol. The topological polar surface area (TPSA) is 0 Å². The average Bonchev–Trinajstić information content (AvgIpc) is 2.95. The molecule has 2 rings (SSSR count). The average molecular weight is 186 g/mol. The third kappa shape index (κ3) is 2.25. The van der Waals surface area contributed by atoms with Crippen molar-refractivity contribution < 1.29 is 0 Å². The number of hydrogen-bond acceptors (Lipinski definition) is 0. The smallest absolute Gasteiger partial charge is 0.0127 e. The largest absolute Gasteiger partial charge is 0.0856 e. The molecule has 74 valence electrons. The minimum absolute atomic E-state index is 0.840. The van der Waals surface area contributed by atoms with Crippen molar-refractivity contribution >= 4 is 0 Å². The predicted molar refractivity (Wildman–Crippen MR) is 61.3 cm³/mol. The Bertz CT molecular complexity index is 317. The van der Waals surface area contributed by atoms with Crippen LogP contribution in [0.3, 0.4) is 0 Å². The van der Waals surface area contributed by atoms with Gasteiger partial charge in [0.2, 0.25) is 0 Å². The van der Waals surface area contributed by atoms with Crippen LogP contribution < -0.4 is 0 Å². The fraction of sp³-hybridized carbons (Fsp3) is 0.429. The molecule has 0 spiro atoms. The first-order chi connectivity index (χ1) is 6.77. The van der Waals surface area contributed by atoms with Crippen molar-refractivity contribution in [2.75, 3.05) is 0 Å². The van der Waals surface area contributed by atoms with Crippen LogP contribution >= 0.6 is 0 Å². The normalized spacial score (nSPS) is 24.4. The fourth-order valence-corrected chi connectivity index (χ4v) is 2.00. The highest BCUT2D eigenvalue weighted by molar-refractivity contribution is 5.26. The van der Waals surface area contributed by atoms with E-state index in [2.05, 4.69) is 50.3 Å². The minimum atomic E-state index is 0.840. The highest BCUT2D eigenvalue weighted by atomic mass is 14.4. The molecule has 0 N–H and O–H groups in total. The molecule has 14 heavy (non-hydrogen) atoms. The maximum atomic E-state index is 2.37. The first-order valence-corrected chi connectivity index (χ1v) is 5.45. The van der Waals surface area contributed by atoms with Crippen molar-refractivity contribution in [2.45, 2.75) is 32.6 Å². The van der Waals surface area contributed by atoms with Gasteiger partial charge in [0.25, 0.3) is 0 Å². The monoisotopic (exact) mass is 186 g/mol. The quantitative estimate of drug-likeness (QED) is 0.622. The van der Waals surface area contributed by atoms with E-state index in [0.29, 0.717) is 0 Å². The van der Waals surface area contributed by atoms with Crippen molar-refractivity contribution in [3.8, 4) is 0 Å². The lowest BCUT2D eigenvalue weighted by Gasteiger charge is -1.97. The summed E-state index contributed by atoms with van der Waals surface area (Å²) in [6, 6.07) is 10.9. The highest BCUT2D eigenvalue weighted by Crippen LogP contribution is 2.49. The highest BCUT2D eigenvalue weighted by Gasteiger charge is 2.36. The van der Waals surface area contributed by atoms with Gasteiger partial charge in [-0.15, -0.1) is 0 Å².